The number of hydroxylamine groups is 2. The predicted molar refractivity (Wildman–Crippen MR) is 77.4 cm³/mol. The van der Waals surface area contributed by atoms with Gasteiger partial charge in [-0.25, -0.2) is 9.86 Å². The summed E-state index contributed by atoms with van der Waals surface area (Å²) in [5.74, 6) is 0.00960. The molecule has 0 saturated heterocycles. The molecule has 6 nitrogen and oxygen atoms in total. The molecule has 0 aromatic rings. The number of nitrogens with one attached hydrogen (secondary N) is 1. The van der Waals surface area contributed by atoms with Gasteiger partial charge >= 0.3 is 6.09 Å². The average Bonchev–Trinajstić information content (AvgIpc) is 2.90. The summed E-state index contributed by atoms with van der Waals surface area (Å²) in [4.78, 5) is 29.5. The highest BCUT2D eigenvalue weighted by molar-refractivity contribution is 5.83. The van der Waals surface area contributed by atoms with E-state index in [4.69, 9.17) is 9.57 Å². The van der Waals surface area contributed by atoms with Crippen molar-refractivity contribution in [1.29, 1.82) is 0 Å². The van der Waals surface area contributed by atoms with Crippen LogP contribution in [0.25, 0.3) is 0 Å². The zero-order valence-electron chi connectivity index (χ0n) is 13.6. The highest BCUT2D eigenvalue weighted by Gasteiger charge is 2.59. The normalized spacial score (nSPS) is 31.1. The summed E-state index contributed by atoms with van der Waals surface area (Å²) in [5.41, 5.74) is -1.20. The molecular weight excluding hydrogens is 272 g/mol. The van der Waals surface area contributed by atoms with Gasteiger partial charge in [0.05, 0.1) is 12.5 Å². The summed E-state index contributed by atoms with van der Waals surface area (Å²) in [6, 6.07) is 0. The van der Waals surface area contributed by atoms with E-state index in [0.29, 0.717) is 6.42 Å². The lowest BCUT2D eigenvalue weighted by Gasteiger charge is -2.30. The molecule has 0 heterocycles. The number of carbonyl (C=O) groups excluding carboxylic acids is 2. The third kappa shape index (κ3) is 3.15. The summed E-state index contributed by atoms with van der Waals surface area (Å²) in [7, 11) is 3.13. The Kier molecular flexibility index (Phi) is 3.95. The van der Waals surface area contributed by atoms with Crippen molar-refractivity contribution in [3.63, 3.8) is 0 Å². The van der Waals surface area contributed by atoms with Gasteiger partial charge in [-0.15, -0.1) is 0 Å². The van der Waals surface area contributed by atoms with Crippen molar-refractivity contribution < 1.29 is 19.2 Å². The fourth-order valence-corrected chi connectivity index (χ4v) is 3.60. The SMILES string of the molecule is CON(C)C(=O)C12CCC(NC(=O)OC(C)(C)C)(CC1)C2. The number of rotatable bonds is 3. The number of hydrogen-bond acceptors (Lipinski definition) is 4. The van der Waals surface area contributed by atoms with Gasteiger partial charge in [-0.1, -0.05) is 0 Å². The summed E-state index contributed by atoms with van der Waals surface area (Å²) in [5, 5.41) is 4.30. The van der Waals surface area contributed by atoms with Gasteiger partial charge in [0.1, 0.15) is 5.60 Å². The van der Waals surface area contributed by atoms with Crippen LogP contribution in [0.1, 0.15) is 52.9 Å². The topological polar surface area (TPSA) is 67.9 Å². The van der Waals surface area contributed by atoms with Gasteiger partial charge in [-0.2, -0.15) is 0 Å². The van der Waals surface area contributed by atoms with Crippen molar-refractivity contribution in [2.75, 3.05) is 14.2 Å². The Bertz CT molecular complexity index is 433. The Morgan fingerprint density at radius 3 is 2.19 bits per heavy atom. The lowest BCUT2D eigenvalue weighted by molar-refractivity contribution is -0.180. The minimum absolute atomic E-state index is 0.00960. The number of fused-ring (bicyclic) bond motifs is 2. The van der Waals surface area contributed by atoms with E-state index in [1.807, 2.05) is 20.8 Å². The van der Waals surface area contributed by atoms with Gasteiger partial charge in [0.2, 0.25) is 0 Å². The maximum Gasteiger partial charge on any atom is 0.408 e. The lowest BCUT2D eigenvalue weighted by Crippen LogP contribution is -2.47. The van der Waals surface area contributed by atoms with Gasteiger partial charge in [-0.3, -0.25) is 9.63 Å². The first kappa shape index (κ1) is 16.1. The van der Waals surface area contributed by atoms with Gasteiger partial charge < -0.3 is 10.1 Å². The van der Waals surface area contributed by atoms with Crippen molar-refractivity contribution in [1.82, 2.24) is 10.4 Å². The first-order chi connectivity index (χ1) is 9.61. The van der Waals surface area contributed by atoms with Crippen LogP contribution < -0.4 is 5.32 Å². The third-order valence-corrected chi connectivity index (χ3v) is 4.62. The van der Waals surface area contributed by atoms with Crippen molar-refractivity contribution in [2.24, 2.45) is 5.41 Å². The maximum absolute atomic E-state index is 12.5. The Hall–Kier alpha value is -1.30. The Morgan fingerprint density at radius 1 is 1.14 bits per heavy atom. The standard InChI is InChI=1S/C15H26N2O4/c1-13(2,3)21-12(19)16-15-8-6-14(10-15,7-9-15)11(18)17(4)20-5/h6-10H2,1-5H3,(H,16,19). The van der Waals surface area contributed by atoms with E-state index in [-0.39, 0.29) is 16.9 Å². The molecule has 2 aliphatic rings. The summed E-state index contributed by atoms with van der Waals surface area (Å²) < 4.78 is 5.34. The van der Waals surface area contributed by atoms with Crippen molar-refractivity contribution in [2.45, 2.75) is 64.0 Å². The first-order valence-electron chi connectivity index (χ1n) is 7.45. The Labute approximate surface area is 126 Å². The van der Waals surface area contributed by atoms with E-state index in [2.05, 4.69) is 5.32 Å². The zero-order valence-corrected chi connectivity index (χ0v) is 13.6. The van der Waals surface area contributed by atoms with Crippen LogP contribution in [0.2, 0.25) is 0 Å². The number of amides is 2. The molecule has 0 aromatic heterocycles. The summed E-state index contributed by atoms with van der Waals surface area (Å²) >= 11 is 0. The molecule has 2 bridgehead atoms. The van der Waals surface area contributed by atoms with Crippen molar-refractivity contribution in [3.8, 4) is 0 Å². The molecule has 0 aromatic carbocycles. The fourth-order valence-electron chi connectivity index (χ4n) is 3.60. The molecular formula is C15H26N2O4. The highest BCUT2D eigenvalue weighted by Crippen LogP contribution is 2.57. The second kappa shape index (κ2) is 5.16. The van der Waals surface area contributed by atoms with Gasteiger partial charge in [0.15, 0.2) is 0 Å². The molecule has 120 valence electrons. The molecule has 2 fully saturated rings. The molecule has 0 unspecified atom stereocenters. The van der Waals surface area contributed by atoms with Crippen LogP contribution in [-0.4, -0.2) is 42.4 Å². The van der Waals surface area contributed by atoms with Crippen LogP contribution in [0.4, 0.5) is 4.79 Å². The molecule has 0 atom stereocenters. The van der Waals surface area contributed by atoms with Crippen molar-refractivity contribution in [3.05, 3.63) is 0 Å². The van der Waals surface area contributed by atoms with Crippen LogP contribution in [-0.2, 0) is 14.4 Å². The third-order valence-electron chi connectivity index (χ3n) is 4.62. The number of ether oxygens (including phenoxy) is 1. The molecule has 2 saturated carbocycles. The first-order valence-corrected chi connectivity index (χ1v) is 7.45. The number of carbonyl (C=O) groups is 2. The molecule has 6 heteroatoms. The predicted octanol–water partition coefficient (Wildman–Crippen LogP) is 2.23. The highest BCUT2D eigenvalue weighted by atomic mass is 16.7. The number of hydrogen-bond donors (Lipinski definition) is 1. The maximum atomic E-state index is 12.5. The molecule has 1 N–H and O–H groups in total. The van der Waals surface area contributed by atoms with E-state index >= 15 is 0 Å². The van der Waals surface area contributed by atoms with Crippen LogP contribution in [0, 0.1) is 5.41 Å². The van der Waals surface area contributed by atoms with Crippen LogP contribution in [0.5, 0.6) is 0 Å². The van der Waals surface area contributed by atoms with Gasteiger partial charge in [0.25, 0.3) is 5.91 Å². The van der Waals surface area contributed by atoms with Gasteiger partial charge in [0, 0.05) is 12.6 Å². The Balaban J connectivity index is 2.02. The second-order valence-corrected chi connectivity index (χ2v) is 7.35. The molecule has 2 aliphatic carbocycles. The lowest BCUT2D eigenvalue weighted by atomic mass is 9.83. The van der Waals surface area contributed by atoms with E-state index in [9.17, 15) is 9.59 Å². The molecule has 2 rings (SSSR count). The van der Waals surface area contributed by atoms with E-state index in [1.54, 1.807) is 7.05 Å². The minimum Gasteiger partial charge on any atom is -0.444 e. The van der Waals surface area contributed by atoms with E-state index in [1.165, 1.54) is 12.2 Å². The molecule has 0 aliphatic heterocycles. The van der Waals surface area contributed by atoms with Crippen molar-refractivity contribution >= 4 is 12.0 Å². The molecule has 2 amide bonds. The number of alkyl carbamates (subject to hydrolysis) is 1. The Morgan fingerprint density at radius 2 is 1.71 bits per heavy atom. The minimum atomic E-state index is -0.513. The van der Waals surface area contributed by atoms with Crippen LogP contribution >= 0.6 is 0 Å². The number of nitrogens with zero attached hydrogens (tertiary/aromatic N) is 1. The van der Waals surface area contributed by atoms with Crippen LogP contribution in [0.15, 0.2) is 0 Å². The molecule has 0 spiro atoms. The fraction of sp³-hybridized carbons (Fsp3) is 0.867. The largest absolute Gasteiger partial charge is 0.444 e. The average molecular weight is 298 g/mol. The zero-order chi connectivity index (χ0) is 15.9. The smallest absolute Gasteiger partial charge is 0.408 e. The van der Waals surface area contributed by atoms with Gasteiger partial charge in [-0.05, 0) is 52.9 Å². The quantitative estimate of drug-likeness (QED) is 0.811. The molecule has 0 radical (unpaired) electrons. The monoisotopic (exact) mass is 298 g/mol. The molecule has 21 heavy (non-hydrogen) atoms. The van der Waals surface area contributed by atoms with E-state index in [0.717, 1.165) is 25.7 Å². The van der Waals surface area contributed by atoms with E-state index < -0.39 is 11.7 Å². The second-order valence-electron chi connectivity index (χ2n) is 7.35. The van der Waals surface area contributed by atoms with Crippen LogP contribution in [0.3, 0.4) is 0 Å². The summed E-state index contributed by atoms with van der Waals surface area (Å²) in [6.07, 6.45) is 3.48. The summed E-state index contributed by atoms with van der Waals surface area (Å²) in [6.45, 7) is 5.53.